The number of ether oxygens (including phenoxy) is 1. The molecular formula is C13H14O2. The molecule has 0 saturated heterocycles. The maximum Gasteiger partial charge on any atom is 0.313 e. The minimum atomic E-state index is -0.181. The normalized spacial score (nSPS) is 30.6. The Kier molecular flexibility index (Phi) is 1.70. The van der Waals surface area contributed by atoms with E-state index in [1.165, 1.54) is 11.1 Å². The zero-order valence-electron chi connectivity index (χ0n) is 8.82. The summed E-state index contributed by atoms with van der Waals surface area (Å²) in [5, 5.41) is 0. The third-order valence-corrected chi connectivity index (χ3v) is 3.69. The first-order valence-electron chi connectivity index (χ1n) is 5.53. The van der Waals surface area contributed by atoms with E-state index in [1.54, 1.807) is 0 Å². The molecule has 0 aliphatic heterocycles. The van der Waals surface area contributed by atoms with Crippen LogP contribution in [0, 0.1) is 5.41 Å². The van der Waals surface area contributed by atoms with Gasteiger partial charge in [0.15, 0.2) is 0 Å². The molecule has 2 nitrogen and oxygen atoms in total. The van der Waals surface area contributed by atoms with Gasteiger partial charge in [-0.15, -0.1) is 0 Å². The van der Waals surface area contributed by atoms with Crippen molar-refractivity contribution in [2.45, 2.75) is 25.7 Å². The van der Waals surface area contributed by atoms with E-state index in [1.807, 2.05) is 13.0 Å². The van der Waals surface area contributed by atoms with E-state index in [9.17, 15) is 4.79 Å². The predicted molar refractivity (Wildman–Crippen MR) is 56.6 cm³/mol. The number of fused-ring (bicyclic) bond motifs is 3. The minimum Gasteiger partial charge on any atom is -0.466 e. The Hall–Kier alpha value is -1.31. The first-order valence-corrected chi connectivity index (χ1v) is 5.53. The van der Waals surface area contributed by atoms with Gasteiger partial charge in [-0.25, -0.2) is 0 Å². The average Bonchev–Trinajstić information content (AvgIpc) is 2.88. The van der Waals surface area contributed by atoms with Gasteiger partial charge in [-0.3, -0.25) is 4.79 Å². The SMILES string of the molecule is CCOC(=O)[C@@]12Cc3ccccc3[C@H]1C2. The van der Waals surface area contributed by atoms with Gasteiger partial charge >= 0.3 is 5.97 Å². The summed E-state index contributed by atoms with van der Waals surface area (Å²) >= 11 is 0. The Morgan fingerprint density at radius 1 is 1.53 bits per heavy atom. The minimum absolute atomic E-state index is 0.00574. The van der Waals surface area contributed by atoms with Crippen LogP contribution in [0.2, 0.25) is 0 Å². The second-order valence-electron chi connectivity index (χ2n) is 4.51. The van der Waals surface area contributed by atoms with Crippen LogP contribution in [0.5, 0.6) is 0 Å². The highest BCUT2D eigenvalue weighted by Gasteiger charge is 2.65. The van der Waals surface area contributed by atoms with Gasteiger partial charge in [0.05, 0.1) is 12.0 Å². The van der Waals surface area contributed by atoms with E-state index in [-0.39, 0.29) is 11.4 Å². The zero-order chi connectivity index (χ0) is 10.5. The summed E-state index contributed by atoms with van der Waals surface area (Å²) in [6, 6.07) is 8.37. The summed E-state index contributed by atoms with van der Waals surface area (Å²) in [6.07, 6.45) is 1.87. The van der Waals surface area contributed by atoms with Crippen molar-refractivity contribution in [2.75, 3.05) is 6.61 Å². The van der Waals surface area contributed by atoms with E-state index in [0.717, 1.165) is 12.8 Å². The second-order valence-corrected chi connectivity index (χ2v) is 4.51. The smallest absolute Gasteiger partial charge is 0.313 e. The molecular weight excluding hydrogens is 188 g/mol. The van der Waals surface area contributed by atoms with Crippen LogP contribution >= 0.6 is 0 Å². The Bertz CT molecular complexity index is 424. The number of hydrogen-bond donors (Lipinski definition) is 0. The summed E-state index contributed by atoms with van der Waals surface area (Å²) in [5.74, 6) is 0.443. The van der Waals surface area contributed by atoms with Gasteiger partial charge in [-0.1, -0.05) is 24.3 Å². The Balaban J connectivity index is 1.90. The van der Waals surface area contributed by atoms with E-state index in [4.69, 9.17) is 4.74 Å². The topological polar surface area (TPSA) is 26.3 Å². The molecule has 2 atom stereocenters. The molecule has 78 valence electrons. The van der Waals surface area contributed by atoms with E-state index < -0.39 is 0 Å². The van der Waals surface area contributed by atoms with E-state index >= 15 is 0 Å². The molecule has 15 heavy (non-hydrogen) atoms. The van der Waals surface area contributed by atoms with Crippen molar-refractivity contribution in [3.05, 3.63) is 35.4 Å². The lowest BCUT2D eigenvalue weighted by atomic mass is 10.0. The summed E-state index contributed by atoms with van der Waals surface area (Å²) in [5.41, 5.74) is 2.52. The molecule has 0 spiro atoms. The lowest BCUT2D eigenvalue weighted by molar-refractivity contribution is -0.149. The number of rotatable bonds is 2. The molecule has 1 aromatic carbocycles. The third kappa shape index (κ3) is 1.08. The fourth-order valence-corrected chi connectivity index (χ4v) is 2.86. The molecule has 0 unspecified atom stereocenters. The number of carbonyl (C=O) groups is 1. The predicted octanol–water partition coefficient (Wildman–Crippen LogP) is 2.28. The summed E-state index contributed by atoms with van der Waals surface area (Å²) in [7, 11) is 0. The molecule has 3 rings (SSSR count). The first kappa shape index (κ1) is 8.96. The lowest BCUT2D eigenvalue weighted by Gasteiger charge is -2.10. The quantitative estimate of drug-likeness (QED) is 0.688. The molecule has 1 fully saturated rings. The molecule has 0 aromatic heterocycles. The number of hydrogen-bond acceptors (Lipinski definition) is 2. The molecule has 0 bridgehead atoms. The van der Waals surface area contributed by atoms with Gasteiger partial charge in [0.1, 0.15) is 0 Å². The van der Waals surface area contributed by atoms with Crippen molar-refractivity contribution in [3.63, 3.8) is 0 Å². The van der Waals surface area contributed by atoms with Crippen molar-refractivity contribution < 1.29 is 9.53 Å². The number of esters is 1. The molecule has 1 saturated carbocycles. The fraction of sp³-hybridized carbons (Fsp3) is 0.462. The van der Waals surface area contributed by atoms with Crippen LogP contribution < -0.4 is 0 Å². The van der Waals surface area contributed by atoms with Gasteiger partial charge in [-0.05, 0) is 30.9 Å². The van der Waals surface area contributed by atoms with Gasteiger partial charge < -0.3 is 4.74 Å². The van der Waals surface area contributed by atoms with Crippen LogP contribution in [-0.2, 0) is 16.0 Å². The lowest BCUT2D eigenvalue weighted by Crippen LogP contribution is -2.20. The Labute approximate surface area is 89.2 Å². The second kappa shape index (κ2) is 2.84. The van der Waals surface area contributed by atoms with Crippen LogP contribution in [0.1, 0.15) is 30.4 Å². The van der Waals surface area contributed by atoms with Crippen LogP contribution in [0.3, 0.4) is 0 Å². The molecule has 2 aliphatic rings. The van der Waals surface area contributed by atoms with Crippen LogP contribution in [0.15, 0.2) is 24.3 Å². The molecule has 0 radical (unpaired) electrons. The average molecular weight is 202 g/mol. The fourth-order valence-electron chi connectivity index (χ4n) is 2.86. The first-order chi connectivity index (χ1) is 7.28. The van der Waals surface area contributed by atoms with E-state index in [0.29, 0.717) is 12.5 Å². The molecule has 1 aromatic rings. The van der Waals surface area contributed by atoms with Gasteiger partial charge in [-0.2, -0.15) is 0 Å². The van der Waals surface area contributed by atoms with Gasteiger partial charge in [0.25, 0.3) is 0 Å². The Morgan fingerprint density at radius 3 is 3.07 bits per heavy atom. The standard InChI is InChI=1S/C13H14O2/c1-2-15-12(14)13-7-9-5-3-4-6-10(9)11(13)8-13/h3-6,11H,2,7-8H2,1H3/t11-,13-/m1/s1. The molecule has 2 heteroatoms. The largest absolute Gasteiger partial charge is 0.466 e. The molecule has 0 amide bonds. The summed E-state index contributed by atoms with van der Waals surface area (Å²) < 4.78 is 5.16. The summed E-state index contributed by atoms with van der Waals surface area (Å²) in [4.78, 5) is 11.9. The van der Waals surface area contributed by atoms with Crippen LogP contribution in [0.25, 0.3) is 0 Å². The highest BCUT2D eigenvalue weighted by Crippen LogP contribution is 2.67. The maximum atomic E-state index is 11.9. The van der Waals surface area contributed by atoms with Gasteiger partial charge in [0, 0.05) is 5.92 Å². The van der Waals surface area contributed by atoms with E-state index in [2.05, 4.69) is 18.2 Å². The molecule has 2 aliphatic carbocycles. The van der Waals surface area contributed by atoms with Crippen molar-refractivity contribution in [1.82, 2.24) is 0 Å². The van der Waals surface area contributed by atoms with Crippen molar-refractivity contribution >= 4 is 5.97 Å². The third-order valence-electron chi connectivity index (χ3n) is 3.69. The highest BCUT2D eigenvalue weighted by molar-refractivity contribution is 5.84. The maximum absolute atomic E-state index is 11.9. The molecule has 0 N–H and O–H groups in total. The number of carbonyl (C=O) groups excluding carboxylic acids is 1. The summed E-state index contributed by atoms with van der Waals surface area (Å²) in [6.45, 7) is 2.36. The Morgan fingerprint density at radius 2 is 2.33 bits per heavy atom. The zero-order valence-corrected chi connectivity index (χ0v) is 8.82. The van der Waals surface area contributed by atoms with Crippen molar-refractivity contribution in [1.29, 1.82) is 0 Å². The van der Waals surface area contributed by atoms with Gasteiger partial charge in [0.2, 0.25) is 0 Å². The van der Waals surface area contributed by atoms with Crippen molar-refractivity contribution in [2.24, 2.45) is 5.41 Å². The van der Waals surface area contributed by atoms with Crippen LogP contribution in [-0.4, -0.2) is 12.6 Å². The van der Waals surface area contributed by atoms with Crippen molar-refractivity contribution in [3.8, 4) is 0 Å². The monoisotopic (exact) mass is 202 g/mol. The molecule has 0 heterocycles. The number of benzene rings is 1. The van der Waals surface area contributed by atoms with Crippen LogP contribution in [0.4, 0.5) is 0 Å². The highest BCUT2D eigenvalue weighted by atomic mass is 16.5.